The lowest BCUT2D eigenvalue weighted by Gasteiger charge is -2.24. The van der Waals surface area contributed by atoms with Gasteiger partial charge in [-0.25, -0.2) is 0 Å². The van der Waals surface area contributed by atoms with Gasteiger partial charge in [0, 0.05) is 12.6 Å². The van der Waals surface area contributed by atoms with Gasteiger partial charge in [-0.1, -0.05) is 13.8 Å². The van der Waals surface area contributed by atoms with Crippen molar-refractivity contribution in [2.75, 3.05) is 31.7 Å². The second-order valence-corrected chi connectivity index (χ2v) is 4.93. The third kappa shape index (κ3) is 4.10. The fourth-order valence-electron chi connectivity index (χ4n) is 1.82. The van der Waals surface area contributed by atoms with Crippen LogP contribution in [0.25, 0.3) is 0 Å². The van der Waals surface area contributed by atoms with Crippen molar-refractivity contribution in [3.8, 4) is 0 Å². The molecule has 5 heteroatoms. The standard InChI is InChI=1S/C11H23N5/c1-8(2)5-9(7-16(3)4)14-10-6-13-15-11(10)12/h6,8-9,14H,5,7H2,1-4H3,(H3,12,13,15). The molecule has 0 amide bonds. The zero-order chi connectivity index (χ0) is 12.1. The maximum absolute atomic E-state index is 5.76. The maximum atomic E-state index is 5.76. The molecule has 0 saturated heterocycles. The number of anilines is 2. The molecule has 4 N–H and O–H groups in total. The molecule has 1 aromatic rings. The van der Waals surface area contributed by atoms with E-state index in [0.29, 0.717) is 17.8 Å². The second kappa shape index (κ2) is 5.75. The Hall–Kier alpha value is -1.23. The van der Waals surface area contributed by atoms with E-state index in [0.717, 1.165) is 18.7 Å². The minimum Gasteiger partial charge on any atom is -0.382 e. The molecule has 0 aromatic carbocycles. The Morgan fingerprint density at radius 1 is 1.50 bits per heavy atom. The van der Waals surface area contributed by atoms with Crippen molar-refractivity contribution in [3.05, 3.63) is 6.20 Å². The minimum atomic E-state index is 0.398. The predicted octanol–water partition coefficient (Wildman–Crippen LogP) is 1.38. The molecule has 0 bridgehead atoms. The summed E-state index contributed by atoms with van der Waals surface area (Å²) in [6.07, 6.45) is 2.85. The molecule has 1 heterocycles. The lowest BCUT2D eigenvalue weighted by Crippen LogP contribution is -2.33. The molecule has 0 radical (unpaired) electrons. The van der Waals surface area contributed by atoms with E-state index in [1.54, 1.807) is 6.20 Å². The van der Waals surface area contributed by atoms with E-state index in [-0.39, 0.29) is 0 Å². The smallest absolute Gasteiger partial charge is 0.142 e. The molecule has 0 aliphatic carbocycles. The van der Waals surface area contributed by atoms with Crippen molar-refractivity contribution in [2.24, 2.45) is 5.92 Å². The summed E-state index contributed by atoms with van der Waals surface area (Å²) >= 11 is 0. The quantitative estimate of drug-likeness (QED) is 0.684. The molecule has 1 rings (SSSR count). The molecular formula is C11H23N5. The van der Waals surface area contributed by atoms with Crippen molar-refractivity contribution in [2.45, 2.75) is 26.3 Å². The van der Waals surface area contributed by atoms with Crippen molar-refractivity contribution in [1.82, 2.24) is 15.1 Å². The van der Waals surface area contributed by atoms with E-state index in [2.05, 4.69) is 48.4 Å². The number of nitrogens with zero attached hydrogens (tertiary/aromatic N) is 2. The number of hydrogen-bond acceptors (Lipinski definition) is 4. The Labute approximate surface area is 97.4 Å². The lowest BCUT2D eigenvalue weighted by atomic mass is 10.0. The molecule has 0 saturated carbocycles. The lowest BCUT2D eigenvalue weighted by molar-refractivity contribution is 0.356. The van der Waals surface area contributed by atoms with Gasteiger partial charge in [0.15, 0.2) is 0 Å². The van der Waals surface area contributed by atoms with Gasteiger partial charge >= 0.3 is 0 Å². The fraction of sp³-hybridized carbons (Fsp3) is 0.727. The summed E-state index contributed by atoms with van der Waals surface area (Å²) in [4.78, 5) is 2.18. The van der Waals surface area contributed by atoms with Crippen molar-refractivity contribution >= 4 is 11.5 Å². The van der Waals surface area contributed by atoms with E-state index in [4.69, 9.17) is 5.73 Å². The number of aromatic nitrogens is 2. The molecule has 92 valence electrons. The number of nitrogens with one attached hydrogen (secondary N) is 2. The second-order valence-electron chi connectivity index (χ2n) is 4.93. The molecule has 0 fully saturated rings. The predicted molar refractivity (Wildman–Crippen MR) is 68.4 cm³/mol. The van der Waals surface area contributed by atoms with Gasteiger partial charge in [0.1, 0.15) is 5.82 Å². The highest BCUT2D eigenvalue weighted by molar-refractivity contribution is 5.60. The Morgan fingerprint density at radius 2 is 2.19 bits per heavy atom. The molecular weight excluding hydrogens is 202 g/mol. The van der Waals surface area contributed by atoms with Crippen LogP contribution in [0.5, 0.6) is 0 Å². The largest absolute Gasteiger partial charge is 0.382 e. The average molecular weight is 225 g/mol. The SMILES string of the molecule is CC(C)CC(CN(C)C)Nc1cn[nH]c1N. The highest BCUT2D eigenvalue weighted by Gasteiger charge is 2.13. The van der Waals surface area contributed by atoms with Gasteiger partial charge in [-0.05, 0) is 26.4 Å². The fourth-order valence-corrected chi connectivity index (χ4v) is 1.82. The summed E-state index contributed by atoms with van der Waals surface area (Å²) < 4.78 is 0. The van der Waals surface area contributed by atoms with Crippen LogP contribution in [-0.2, 0) is 0 Å². The van der Waals surface area contributed by atoms with Crippen LogP contribution in [0.1, 0.15) is 20.3 Å². The first-order valence-corrected chi connectivity index (χ1v) is 5.69. The van der Waals surface area contributed by atoms with Crippen molar-refractivity contribution in [3.63, 3.8) is 0 Å². The van der Waals surface area contributed by atoms with Crippen LogP contribution in [0.4, 0.5) is 11.5 Å². The first kappa shape index (κ1) is 12.8. The average Bonchev–Trinajstić information content (AvgIpc) is 2.49. The monoisotopic (exact) mass is 225 g/mol. The summed E-state index contributed by atoms with van der Waals surface area (Å²) in [6.45, 7) is 5.44. The Kier molecular flexibility index (Phi) is 4.61. The zero-order valence-electron chi connectivity index (χ0n) is 10.6. The van der Waals surface area contributed by atoms with Crippen molar-refractivity contribution < 1.29 is 0 Å². The van der Waals surface area contributed by atoms with E-state index in [1.165, 1.54) is 0 Å². The van der Waals surface area contributed by atoms with Crippen LogP contribution in [0, 0.1) is 5.92 Å². The van der Waals surface area contributed by atoms with Crippen LogP contribution in [0.2, 0.25) is 0 Å². The normalized spacial score (nSPS) is 13.4. The van der Waals surface area contributed by atoms with E-state index in [1.807, 2.05) is 0 Å². The molecule has 1 aromatic heterocycles. The number of hydrogen-bond donors (Lipinski definition) is 3. The van der Waals surface area contributed by atoms with Crippen LogP contribution >= 0.6 is 0 Å². The zero-order valence-corrected chi connectivity index (χ0v) is 10.6. The molecule has 5 nitrogen and oxygen atoms in total. The highest BCUT2D eigenvalue weighted by atomic mass is 15.2. The highest BCUT2D eigenvalue weighted by Crippen LogP contribution is 2.17. The van der Waals surface area contributed by atoms with Gasteiger partial charge in [0.2, 0.25) is 0 Å². The summed E-state index contributed by atoms with van der Waals surface area (Å²) in [7, 11) is 4.15. The van der Waals surface area contributed by atoms with Crippen molar-refractivity contribution in [1.29, 1.82) is 0 Å². The van der Waals surface area contributed by atoms with Crippen LogP contribution in [-0.4, -0.2) is 41.8 Å². The number of aromatic amines is 1. The molecule has 0 spiro atoms. The Morgan fingerprint density at radius 3 is 2.62 bits per heavy atom. The number of H-pyrrole nitrogens is 1. The van der Waals surface area contributed by atoms with Crippen LogP contribution in [0.15, 0.2) is 6.20 Å². The molecule has 1 unspecified atom stereocenters. The van der Waals surface area contributed by atoms with Gasteiger partial charge < -0.3 is 16.0 Å². The molecule has 0 aliphatic rings. The topological polar surface area (TPSA) is 70.0 Å². The van der Waals surface area contributed by atoms with E-state index >= 15 is 0 Å². The first-order valence-electron chi connectivity index (χ1n) is 5.69. The Balaban J connectivity index is 2.59. The van der Waals surface area contributed by atoms with Crippen LogP contribution < -0.4 is 11.1 Å². The minimum absolute atomic E-state index is 0.398. The third-order valence-corrected chi connectivity index (χ3v) is 2.37. The summed E-state index contributed by atoms with van der Waals surface area (Å²) in [5, 5.41) is 10.1. The van der Waals surface area contributed by atoms with Crippen LogP contribution in [0.3, 0.4) is 0 Å². The molecule has 16 heavy (non-hydrogen) atoms. The number of rotatable bonds is 6. The van der Waals surface area contributed by atoms with E-state index < -0.39 is 0 Å². The number of nitrogen functional groups attached to an aromatic ring is 1. The van der Waals surface area contributed by atoms with Gasteiger partial charge in [0.05, 0.1) is 11.9 Å². The van der Waals surface area contributed by atoms with Gasteiger partial charge in [-0.3, -0.25) is 5.10 Å². The Bertz CT molecular complexity index is 295. The summed E-state index contributed by atoms with van der Waals surface area (Å²) in [6, 6.07) is 0.398. The number of likely N-dealkylation sites (N-methyl/N-ethyl adjacent to an activating group) is 1. The van der Waals surface area contributed by atoms with E-state index in [9.17, 15) is 0 Å². The maximum Gasteiger partial charge on any atom is 0.142 e. The summed E-state index contributed by atoms with van der Waals surface area (Å²) in [5.74, 6) is 1.26. The third-order valence-electron chi connectivity index (χ3n) is 2.37. The number of nitrogens with two attached hydrogens (primary N) is 1. The van der Waals surface area contributed by atoms with Gasteiger partial charge in [0.25, 0.3) is 0 Å². The summed E-state index contributed by atoms with van der Waals surface area (Å²) in [5.41, 5.74) is 6.65. The first-order chi connectivity index (χ1) is 7.49. The van der Waals surface area contributed by atoms with Gasteiger partial charge in [-0.15, -0.1) is 0 Å². The molecule has 0 aliphatic heterocycles. The van der Waals surface area contributed by atoms with Gasteiger partial charge in [-0.2, -0.15) is 5.10 Å². The molecule has 1 atom stereocenters.